The summed E-state index contributed by atoms with van der Waals surface area (Å²) in [6.07, 6.45) is 1.02. The van der Waals surface area contributed by atoms with Gasteiger partial charge in [0.05, 0.1) is 5.75 Å². The standard InChI is InChI=1S/C11H25N3OS/c1-3-14(4-2)8-5-7-13-11(15)10-16-9-6-12/h3-10,12H2,1-2H3,(H,13,15). The number of amides is 1. The maximum absolute atomic E-state index is 11.3. The minimum absolute atomic E-state index is 0.123. The molecule has 0 bridgehead atoms. The van der Waals surface area contributed by atoms with Crippen molar-refractivity contribution in [2.75, 3.05) is 44.2 Å². The van der Waals surface area contributed by atoms with E-state index >= 15 is 0 Å². The molecule has 0 heterocycles. The van der Waals surface area contributed by atoms with Crippen LogP contribution in [0.1, 0.15) is 20.3 Å². The number of nitrogens with zero attached hydrogens (tertiary/aromatic N) is 1. The van der Waals surface area contributed by atoms with E-state index in [2.05, 4.69) is 24.1 Å². The third kappa shape index (κ3) is 9.00. The number of hydrogen-bond acceptors (Lipinski definition) is 4. The SMILES string of the molecule is CCN(CC)CCCNC(=O)CSCCN. The van der Waals surface area contributed by atoms with E-state index in [1.165, 1.54) is 0 Å². The molecule has 0 saturated heterocycles. The third-order valence-electron chi connectivity index (χ3n) is 2.36. The van der Waals surface area contributed by atoms with Crippen molar-refractivity contribution < 1.29 is 4.79 Å². The van der Waals surface area contributed by atoms with Gasteiger partial charge in [-0.2, -0.15) is 11.8 Å². The molecular formula is C11H25N3OS. The van der Waals surface area contributed by atoms with Crippen LogP contribution in [0.25, 0.3) is 0 Å². The predicted molar refractivity (Wildman–Crippen MR) is 71.8 cm³/mol. The van der Waals surface area contributed by atoms with E-state index in [1.54, 1.807) is 11.8 Å². The van der Waals surface area contributed by atoms with E-state index in [0.29, 0.717) is 12.3 Å². The van der Waals surface area contributed by atoms with Crippen molar-refractivity contribution >= 4 is 17.7 Å². The van der Waals surface area contributed by atoms with Crippen molar-refractivity contribution in [3.05, 3.63) is 0 Å². The first-order chi connectivity index (χ1) is 7.74. The summed E-state index contributed by atoms with van der Waals surface area (Å²) in [4.78, 5) is 13.7. The second-order valence-corrected chi connectivity index (χ2v) is 4.68. The van der Waals surface area contributed by atoms with Crippen LogP contribution in [0, 0.1) is 0 Å². The smallest absolute Gasteiger partial charge is 0.229 e. The molecule has 0 aromatic heterocycles. The molecular weight excluding hydrogens is 222 g/mol. The average Bonchev–Trinajstić information content (AvgIpc) is 2.30. The lowest BCUT2D eigenvalue weighted by Gasteiger charge is -2.17. The highest BCUT2D eigenvalue weighted by Crippen LogP contribution is 1.96. The van der Waals surface area contributed by atoms with Gasteiger partial charge in [-0.05, 0) is 26.1 Å². The van der Waals surface area contributed by atoms with Crippen molar-refractivity contribution in [2.24, 2.45) is 5.73 Å². The van der Waals surface area contributed by atoms with Crippen molar-refractivity contribution in [2.45, 2.75) is 20.3 Å². The molecule has 0 fully saturated rings. The molecule has 0 aliphatic heterocycles. The van der Waals surface area contributed by atoms with Gasteiger partial charge in [0.1, 0.15) is 0 Å². The van der Waals surface area contributed by atoms with Crippen molar-refractivity contribution in [3.63, 3.8) is 0 Å². The first kappa shape index (κ1) is 15.7. The summed E-state index contributed by atoms with van der Waals surface area (Å²) in [7, 11) is 0. The van der Waals surface area contributed by atoms with Crippen LogP contribution < -0.4 is 11.1 Å². The summed E-state index contributed by atoms with van der Waals surface area (Å²) in [5.74, 6) is 1.51. The maximum atomic E-state index is 11.3. The quantitative estimate of drug-likeness (QED) is 0.553. The van der Waals surface area contributed by atoms with Crippen LogP contribution in [0.4, 0.5) is 0 Å². The predicted octanol–water partition coefficient (Wildman–Crippen LogP) is 0.526. The Morgan fingerprint density at radius 2 is 2.06 bits per heavy atom. The Bertz CT molecular complexity index is 175. The van der Waals surface area contributed by atoms with Crippen LogP contribution in [0.3, 0.4) is 0 Å². The molecule has 16 heavy (non-hydrogen) atoms. The van der Waals surface area contributed by atoms with Gasteiger partial charge in [-0.25, -0.2) is 0 Å². The average molecular weight is 247 g/mol. The molecule has 4 nitrogen and oxygen atoms in total. The van der Waals surface area contributed by atoms with Gasteiger partial charge in [-0.15, -0.1) is 0 Å². The molecule has 3 N–H and O–H groups in total. The second kappa shape index (κ2) is 11.2. The first-order valence-electron chi connectivity index (χ1n) is 6.01. The number of nitrogens with one attached hydrogen (secondary N) is 1. The summed E-state index contributed by atoms with van der Waals surface area (Å²) in [5, 5.41) is 2.92. The molecule has 0 unspecified atom stereocenters. The number of nitrogens with two attached hydrogens (primary N) is 1. The van der Waals surface area contributed by atoms with E-state index in [-0.39, 0.29) is 5.91 Å². The minimum Gasteiger partial charge on any atom is -0.355 e. The van der Waals surface area contributed by atoms with Crippen LogP contribution >= 0.6 is 11.8 Å². The molecule has 0 aliphatic carbocycles. The van der Waals surface area contributed by atoms with Crippen LogP contribution in [0.5, 0.6) is 0 Å². The Hall–Kier alpha value is -0.260. The summed E-state index contributed by atoms with van der Waals surface area (Å²) in [5.41, 5.74) is 5.34. The Morgan fingerprint density at radius 1 is 1.38 bits per heavy atom. The van der Waals surface area contributed by atoms with Gasteiger partial charge in [0.25, 0.3) is 0 Å². The largest absolute Gasteiger partial charge is 0.355 e. The molecule has 5 heteroatoms. The normalized spacial score (nSPS) is 10.8. The van der Waals surface area contributed by atoms with E-state index in [1.807, 2.05) is 0 Å². The highest BCUT2D eigenvalue weighted by Gasteiger charge is 2.01. The lowest BCUT2D eigenvalue weighted by molar-refractivity contribution is -0.118. The second-order valence-electron chi connectivity index (χ2n) is 3.57. The molecule has 0 aromatic carbocycles. The molecule has 0 radical (unpaired) electrons. The highest BCUT2D eigenvalue weighted by atomic mass is 32.2. The Labute approximate surface area is 103 Å². The van der Waals surface area contributed by atoms with Crippen LogP contribution in [0.2, 0.25) is 0 Å². The maximum Gasteiger partial charge on any atom is 0.229 e. The van der Waals surface area contributed by atoms with Crippen LogP contribution in [-0.4, -0.2) is 55.0 Å². The van der Waals surface area contributed by atoms with Gasteiger partial charge in [0, 0.05) is 18.8 Å². The summed E-state index contributed by atoms with van der Waals surface area (Å²) >= 11 is 1.59. The number of rotatable bonds is 10. The summed E-state index contributed by atoms with van der Waals surface area (Å²) in [6.45, 7) is 8.95. The lowest BCUT2D eigenvalue weighted by atomic mass is 10.3. The fourth-order valence-corrected chi connectivity index (χ4v) is 1.97. The Kier molecular flexibility index (Phi) is 11.0. The van der Waals surface area contributed by atoms with Gasteiger partial charge < -0.3 is 16.0 Å². The topological polar surface area (TPSA) is 58.4 Å². The molecule has 1 amide bonds. The van der Waals surface area contributed by atoms with Gasteiger partial charge in [0.2, 0.25) is 5.91 Å². The molecule has 96 valence electrons. The molecule has 0 rings (SSSR count). The number of carbonyl (C=O) groups is 1. The highest BCUT2D eigenvalue weighted by molar-refractivity contribution is 7.99. The van der Waals surface area contributed by atoms with Gasteiger partial charge >= 0.3 is 0 Å². The molecule has 0 saturated carbocycles. The van der Waals surface area contributed by atoms with Crippen LogP contribution in [-0.2, 0) is 4.79 Å². The van der Waals surface area contributed by atoms with Gasteiger partial charge in [0.15, 0.2) is 0 Å². The number of thioether (sulfide) groups is 1. The minimum atomic E-state index is 0.123. The first-order valence-corrected chi connectivity index (χ1v) is 7.16. The van der Waals surface area contributed by atoms with E-state index in [9.17, 15) is 4.79 Å². The monoisotopic (exact) mass is 247 g/mol. The molecule has 0 aromatic rings. The zero-order valence-electron chi connectivity index (χ0n) is 10.5. The fraction of sp³-hybridized carbons (Fsp3) is 0.909. The van der Waals surface area contributed by atoms with Crippen molar-refractivity contribution in [3.8, 4) is 0 Å². The Balaban J connectivity index is 3.33. The van der Waals surface area contributed by atoms with Crippen molar-refractivity contribution in [1.29, 1.82) is 0 Å². The molecule has 0 spiro atoms. The number of carbonyl (C=O) groups excluding carboxylic acids is 1. The third-order valence-corrected chi connectivity index (χ3v) is 3.35. The zero-order chi connectivity index (χ0) is 12.2. The zero-order valence-corrected chi connectivity index (χ0v) is 11.3. The fourth-order valence-electron chi connectivity index (χ4n) is 1.37. The van der Waals surface area contributed by atoms with Gasteiger partial charge in [-0.1, -0.05) is 13.8 Å². The Morgan fingerprint density at radius 3 is 2.62 bits per heavy atom. The lowest BCUT2D eigenvalue weighted by Crippen LogP contribution is -2.30. The summed E-state index contributed by atoms with van der Waals surface area (Å²) < 4.78 is 0. The molecule has 0 atom stereocenters. The van der Waals surface area contributed by atoms with E-state index < -0.39 is 0 Å². The van der Waals surface area contributed by atoms with Crippen molar-refractivity contribution in [1.82, 2.24) is 10.2 Å². The van der Waals surface area contributed by atoms with E-state index in [4.69, 9.17) is 5.73 Å². The summed E-state index contributed by atoms with van der Waals surface area (Å²) in [6, 6.07) is 0. The van der Waals surface area contributed by atoms with Crippen LogP contribution in [0.15, 0.2) is 0 Å². The van der Waals surface area contributed by atoms with Gasteiger partial charge in [-0.3, -0.25) is 4.79 Å². The molecule has 0 aliphatic rings. The van der Waals surface area contributed by atoms with E-state index in [0.717, 1.165) is 38.4 Å². The number of hydrogen-bond donors (Lipinski definition) is 2.